The smallest absolute Gasteiger partial charge is 0.748 e. The van der Waals surface area contributed by atoms with E-state index in [1.807, 2.05) is 0 Å². The van der Waals surface area contributed by atoms with Crippen molar-refractivity contribution in [2.45, 2.75) is 181 Å². The van der Waals surface area contributed by atoms with Crippen LogP contribution in [0.15, 0.2) is 109 Å². The van der Waals surface area contributed by atoms with Gasteiger partial charge in [-0.15, -0.1) is 0 Å². The van der Waals surface area contributed by atoms with Crippen molar-refractivity contribution in [3.05, 3.63) is 139 Å². The summed E-state index contributed by atoms with van der Waals surface area (Å²) in [6, 6.07) is 39.5. The van der Waals surface area contributed by atoms with Gasteiger partial charge in [-0.3, -0.25) is 14.4 Å². The molecule has 0 heterocycles. The first kappa shape index (κ1) is 88.0. The molecular weight excluding hydrogens is 1500 g/mol. The van der Waals surface area contributed by atoms with E-state index in [2.05, 4.69) is 193 Å². The molecule has 12 fully saturated rings. The summed E-state index contributed by atoms with van der Waals surface area (Å²) in [7, 11) is 0.428. The maximum Gasteiger partial charge on any atom is 1.00 e. The maximum atomic E-state index is 12.3. The Bertz CT molecular complexity index is 3380. The van der Waals surface area contributed by atoms with E-state index in [1.54, 1.807) is 0 Å². The zero-order chi connectivity index (χ0) is 74.6. The van der Waals surface area contributed by atoms with Crippen molar-refractivity contribution >= 4 is 59.1 Å². The van der Waals surface area contributed by atoms with E-state index < -0.39 is 54.2 Å². The number of halogens is 2. The average molecular weight is 1620 g/mol. The van der Waals surface area contributed by atoms with Crippen LogP contribution < -0.4 is 50.8 Å². The molecule has 564 valence electrons. The zero-order valence-electron chi connectivity index (χ0n) is 63.0. The van der Waals surface area contributed by atoms with E-state index in [1.165, 1.54) is 87.2 Å². The van der Waals surface area contributed by atoms with E-state index in [0.29, 0.717) is 35.5 Å². The molecule has 0 saturated heterocycles. The van der Waals surface area contributed by atoms with Crippen LogP contribution in [-0.2, 0) is 78.1 Å². The summed E-state index contributed by atoms with van der Waals surface area (Å²) in [6.07, 6.45) is 20.2. The topological polar surface area (TPSA) is 262 Å². The van der Waals surface area contributed by atoms with Crippen molar-refractivity contribution < 1.29 is 128 Å². The number of aliphatic hydroxyl groups is 1. The first-order valence-electron chi connectivity index (χ1n) is 36.3. The van der Waals surface area contributed by atoms with Crippen LogP contribution in [0.2, 0.25) is 0 Å². The Morgan fingerprint density at radius 2 is 0.686 bits per heavy atom. The quantitative estimate of drug-likeness (QED) is 0.0272. The van der Waals surface area contributed by atoms with Crippen LogP contribution in [0.4, 0.5) is 0 Å². The summed E-state index contributed by atoms with van der Waals surface area (Å²) < 4.78 is 107. The van der Waals surface area contributed by atoms with Gasteiger partial charge in [0.15, 0.2) is 7.14 Å². The normalized spacial score (nSPS) is 27.6. The fourth-order valence-electron chi connectivity index (χ4n) is 18.4. The van der Waals surface area contributed by atoms with Gasteiger partial charge in [0.2, 0.25) is 5.24 Å². The molecule has 0 aliphatic heterocycles. The number of benzene rings is 4. The van der Waals surface area contributed by atoms with Gasteiger partial charge in [-0.05, 0) is 227 Å². The predicted octanol–water partition coefficient (Wildman–Crippen LogP) is 7.27. The van der Waals surface area contributed by atoms with Gasteiger partial charge >= 0.3 is 62.7 Å². The van der Waals surface area contributed by atoms with Crippen molar-refractivity contribution in [3.8, 4) is 0 Å². The molecule has 0 radical (unpaired) electrons. The zero-order valence-corrected chi connectivity index (χ0v) is 70.4. The van der Waals surface area contributed by atoms with Crippen molar-refractivity contribution in [1.82, 2.24) is 0 Å². The summed E-state index contributed by atoms with van der Waals surface area (Å²) in [5, 5.41) is 7.79. The molecule has 12 bridgehead atoms. The summed E-state index contributed by atoms with van der Waals surface area (Å²) in [5.41, 5.74) is 5.30. The molecule has 17 nitrogen and oxygen atoms in total. The molecular formula is C79H116ClIN2NaO15S3+. The molecule has 0 unspecified atom stereocenters. The number of aliphatic hydroxyl groups excluding tert-OH is 1. The summed E-state index contributed by atoms with van der Waals surface area (Å²) >= 11 is 5.69. The molecule has 16 rings (SSSR count). The Labute approximate surface area is 649 Å². The van der Waals surface area contributed by atoms with Crippen LogP contribution in [-0.4, -0.2) is 150 Å². The van der Waals surface area contributed by atoms with Crippen molar-refractivity contribution in [1.29, 1.82) is 0 Å². The number of rotatable bonds is 17. The van der Waals surface area contributed by atoms with E-state index >= 15 is 0 Å². The minimum absolute atomic E-state index is 0. The molecule has 0 atom stereocenters. The number of ether oxygens (including phenoxy) is 2. The molecule has 0 spiro atoms. The van der Waals surface area contributed by atoms with Crippen LogP contribution in [0, 0.1) is 76.6 Å². The molecule has 12 aliphatic carbocycles. The fourth-order valence-corrected chi connectivity index (χ4v) is 21.6. The number of esters is 2. The third-order valence-electron chi connectivity index (χ3n) is 21.5. The summed E-state index contributed by atoms with van der Waals surface area (Å²) in [5.74, 6) is 3.86. The van der Waals surface area contributed by atoms with Gasteiger partial charge in [-0.1, -0.05) is 126 Å². The van der Waals surface area contributed by atoms with E-state index in [0.717, 1.165) is 97.6 Å². The molecule has 4 aromatic carbocycles. The predicted molar refractivity (Wildman–Crippen MR) is 389 cm³/mol. The second kappa shape index (κ2) is 37.0. The maximum absolute atomic E-state index is 12.3. The van der Waals surface area contributed by atoms with Gasteiger partial charge in [0.05, 0.1) is 107 Å². The van der Waals surface area contributed by atoms with E-state index in [4.69, 9.17) is 26.2 Å². The van der Waals surface area contributed by atoms with E-state index in [9.17, 15) is 53.3 Å². The largest absolute Gasteiger partial charge is 1.00 e. The Morgan fingerprint density at radius 1 is 0.441 bits per heavy atom. The number of carbonyl (C=O) groups is 3. The number of quaternary nitrogens is 2. The Hall–Kier alpha value is -2.88. The van der Waals surface area contributed by atoms with Gasteiger partial charge in [-0.25, -0.2) is 25.3 Å². The molecule has 0 aromatic heterocycles. The van der Waals surface area contributed by atoms with Crippen LogP contribution >= 0.6 is 11.6 Å². The van der Waals surface area contributed by atoms with Crippen LogP contribution in [0.3, 0.4) is 0 Å². The standard InChI is InChI=1S/C20H26I.2C13H20O5S.C11H15ClO.2C10H16N.C2H6O4S.Na/c1-19(2,3)15-7-11-17(12-8-15)21-18-13-9-16(10-14-18)20(4,5)6;2*14-12(18-1-2-19(15,16)17)13-6-9-3-10(7-13)5-11(4-9)8-13;12-10(13)11-4-7-1-8(5-11)3-9(2-7)6-11;2*1-11(2,3)9-10-7-5-4-6-8-10;3-1-2-7(4,5)6;/h7-14H,1-6H3;2*9-11H,1-8H2,(H,15,16,17);7-9H,1-6H2;2*4-8H,9H2,1-3H3;3H,1-2H2,(H,4,5,6);/q+1;;;;2*+1;;+1/p-3. The first-order valence-corrected chi connectivity index (χ1v) is 43.6. The Balaban J connectivity index is 0.000000191. The minimum Gasteiger partial charge on any atom is -0.748 e. The molecule has 12 aliphatic rings. The number of carbonyl (C=O) groups excluding carboxylic acids is 3. The third-order valence-corrected chi connectivity index (χ3v) is 26.6. The van der Waals surface area contributed by atoms with Crippen LogP contribution in [0.1, 0.15) is 179 Å². The van der Waals surface area contributed by atoms with Gasteiger partial charge < -0.3 is 37.2 Å². The first-order chi connectivity index (χ1) is 46.8. The van der Waals surface area contributed by atoms with Gasteiger partial charge in [0, 0.05) is 16.5 Å². The van der Waals surface area contributed by atoms with Crippen molar-refractivity contribution in [2.24, 2.45) is 69.5 Å². The second-order valence-electron chi connectivity index (χ2n) is 35.1. The van der Waals surface area contributed by atoms with Crippen LogP contribution in [0.25, 0.3) is 0 Å². The molecule has 12 saturated carbocycles. The average Bonchev–Trinajstić information content (AvgIpc) is 0.757. The molecule has 0 amide bonds. The van der Waals surface area contributed by atoms with Crippen LogP contribution in [0.5, 0.6) is 0 Å². The molecule has 23 heteroatoms. The van der Waals surface area contributed by atoms with Crippen molar-refractivity contribution in [3.63, 3.8) is 0 Å². The summed E-state index contributed by atoms with van der Waals surface area (Å²) in [6.45, 7) is 14.6. The van der Waals surface area contributed by atoms with Crippen molar-refractivity contribution in [2.75, 3.05) is 79.4 Å². The molecule has 1 N–H and O–H groups in total. The number of nitrogens with zero attached hydrogens (tertiary/aromatic N) is 2. The number of hydrogen-bond acceptors (Lipinski definition) is 15. The van der Waals surface area contributed by atoms with E-state index in [-0.39, 0.29) is 108 Å². The Morgan fingerprint density at radius 3 is 0.882 bits per heavy atom. The molecule has 4 aromatic rings. The summed E-state index contributed by atoms with van der Waals surface area (Å²) in [4.78, 5) is 36.0. The SMILES string of the molecule is CC(C)(C)c1ccc([I+]c2ccc(C(C)(C)C)cc2)cc1.C[N+](C)(C)Cc1ccccc1.C[N+](C)(C)Cc1ccccc1.O=C(Cl)C12CC3CC(CC(C3)C1)C2.O=C(OCCS(=O)(=O)[O-])C12CC3CC(CC(C3)C1)C2.O=C(OCCS(=O)(=O)[O-])C12CC3CC(CC(C3)C1)C2.O=S(=O)([O-])CCO.[Na+]. The monoisotopic (exact) mass is 1610 g/mol. The van der Waals surface area contributed by atoms with Gasteiger partial charge in [0.1, 0.15) is 26.3 Å². The van der Waals surface area contributed by atoms with Gasteiger partial charge in [0.25, 0.3) is 0 Å². The van der Waals surface area contributed by atoms with Gasteiger partial charge in [-0.2, -0.15) is 0 Å². The fraction of sp³-hybridized carbons (Fsp3) is 0.658. The number of hydrogen-bond donors (Lipinski definition) is 1. The second-order valence-corrected chi connectivity index (χ2v) is 43.1. The minimum atomic E-state index is -4.30. The molecule has 102 heavy (non-hydrogen) atoms. The Kier molecular flexibility index (Phi) is 31.9. The third kappa shape index (κ3) is 28.9.